The Morgan fingerprint density at radius 3 is 3.05 bits per heavy atom. The molecule has 1 aromatic rings. The van der Waals surface area contributed by atoms with Crippen molar-refractivity contribution in [3.63, 3.8) is 0 Å². The second kappa shape index (κ2) is 7.17. The number of rotatable bonds is 5. The van der Waals surface area contributed by atoms with Gasteiger partial charge in [-0.15, -0.1) is 5.10 Å². The number of aromatic nitrogens is 2. The molecule has 2 rings (SSSR count). The molecule has 6 nitrogen and oxygen atoms in total. The van der Waals surface area contributed by atoms with Gasteiger partial charge in [0.2, 0.25) is 0 Å². The van der Waals surface area contributed by atoms with Crippen LogP contribution in [0.5, 0.6) is 0 Å². The van der Waals surface area contributed by atoms with Crippen LogP contribution in [0.25, 0.3) is 0 Å². The summed E-state index contributed by atoms with van der Waals surface area (Å²) in [5.74, 6) is 0. The Morgan fingerprint density at radius 2 is 2.38 bits per heavy atom. The molecule has 0 aliphatic carbocycles. The minimum Gasteiger partial charge on any atom is -0.444 e. The zero-order valence-corrected chi connectivity index (χ0v) is 13.8. The third-order valence-electron chi connectivity index (χ3n) is 3.37. The van der Waals surface area contributed by atoms with Crippen LogP contribution in [-0.4, -0.2) is 45.3 Å². The molecule has 0 saturated carbocycles. The number of ether oxygens (including phenoxy) is 1. The molecule has 1 atom stereocenters. The largest absolute Gasteiger partial charge is 0.444 e. The normalized spacial score (nSPS) is 19.0. The first-order valence-electron chi connectivity index (χ1n) is 7.42. The van der Waals surface area contributed by atoms with Gasteiger partial charge >= 0.3 is 6.09 Å². The number of nitrogens with one attached hydrogen (secondary N) is 1. The first-order chi connectivity index (χ1) is 9.96. The summed E-state index contributed by atoms with van der Waals surface area (Å²) in [7, 11) is 0. The lowest BCUT2D eigenvalue weighted by atomic mass is 10.1. The van der Waals surface area contributed by atoms with Crippen LogP contribution in [0, 0.1) is 0 Å². The summed E-state index contributed by atoms with van der Waals surface area (Å²) in [5, 5.41) is 9.28. The van der Waals surface area contributed by atoms with Crippen molar-refractivity contribution < 1.29 is 9.53 Å². The van der Waals surface area contributed by atoms with Crippen molar-refractivity contribution >= 4 is 17.6 Å². The predicted molar refractivity (Wildman–Crippen MR) is 82.2 cm³/mol. The zero-order valence-electron chi connectivity index (χ0n) is 13.0. The van der Waals surface area contributed by atoms with Crippen LogP contribution in [-0.2, 0) is 11.3 Å². The first-order valence-corrected chi connectivity index (χ1v) is 8.25. The lowest BCUT2D eigenvalue weighted by Gasteiger charge is -2.28. The summed E-state index contributed by atoms with van der Waals surface area (Å²) in [6, 6.07) is 0.279. The highest BCUT2D eigenvalue weighted by Gasteiger charge is 2.31. The molecule has 0 radical (unpaired) electrons. The second-order valence-electron chi connectivity index (χ2n) is 6.33. The van der Waals surface area contributed by atoms with E-state index in [0.717, 1.165) is 44.6 Å². The maximum absolute atomic E-state index is 12.2. The van der Waals surface area contributed by atoms with Crippen molar-refractivity contribution in [3.05, 3.63) is 11.1 Å². The van der Waals surface area contributed by atoms with Crippen LogP contribution < -0.4 is 5.32 Å². The Balaban J connectivity index is 1.72. The summed E-state index contributed by atoms with van der Waals surface area (Å²) < 4.78 is 9.30. The Morgan fingerprint density at radius 1 is 1.57 bits per heavy atom. The lowest BCUT2D eigenvalue weighted by molar-refractivity contribution is 0.0220. The standard InChI is InChI=1S/C14H24N4O2S/c1-14(2,3)20-13(19)18-8-4-5-12(18)6-7-15-9-11-10-21-17-16-11/h10,12,15H,4-9H2,1-3H3. The summed E-state index contributed by atoms with van der Waals surface area (Å²) in [6.07, 6.45) is 2.87. The molecule has 0 bridgehead atoms. The van der Waals surface area contributed by atoms with Crippen molar-refractivity contribution in [1.82, 2.24) is 19.8 Å². The van der Waals surface area contributed by atoms with Gasteiger partial charge in [-0.25, -0.2) is 4.79 Å². The van der Waals surface area contributed by atoms with Crippen molar-refractivity contribution in [2.45, 2.75) is 58.2 Å². The van der Waals surface area contributed by atoms with Gasteiger partial charge in [0.1, 0.15) is 5.60 Å². The molecule has 1 aliphatic heterocycles. The number of carbonyl (C=O) groups excluding carboxylic acids is 1. The Labute approximate surface area is 130 Å². The highest BCUT2D eigenvalue weighted by molar-refractivity contribution is 7.03. The second-order valence-corrected chi connectivity index (χ2v) is 6.94. The number of hydrogen-bond acceptors (Lipinski definition) is 6. The Bertz CT molecular complexity index is 444. The highest BCUT2D eigenvalue weighted by atomic mass is 32.1. The van der Waals surface area contributed by atoms with Gasteiger partial charge in [-0.1, -0.05) is 4.49 Å². The van der Waals surface area contributed by atoms with Gasteiger partial charge in [0.05, 0.1) is 5.69 Å². The zero-order chi connectivity index (χ0) is 15.3. The summed E-state index contributed by atoms with van der Waals surface area (Å²) >= 11 is 1.36. The molecule has 1 amide bonds. The molecule has 1 unspecified atom stereocenters. The molecule has 0 spiro atoms. The average molecular weight is 312 g/mol. The van der Waals surface area contributed by atoms with E-state index < -0.39 is 5.60 Å². The van der Waals surface area contributed by atoms with Crippen LogP contribution in [0.4, 0.5) is 4.79 Å². The van der Waals surface area contributed by atoms with Gasteiger partial charge in [-0.05, 0) is 58.1 Å². The van der Waals surface area contributed by atoms with Gasteiger partial charge in [0.25, 0.3) is 0 Å². The topological polar surface area (TPSA) is 67.3 Å². The predicted octanol–water partition coefficient (Wildman–Crippen LogP) is 2.42. The van der Waals surface area contributed by atoms with Crippen LogP contribution in [0.2, 0.25) is 0 Å². The third-order valence-corrected chi connectivity index (χ3v) is 3.92. The molecule has 7 heteroatoms. The maximum Gasteiger partial charge on any atom is 0.410 e. The average Bonchev–Trinajstić information content (AvgIpc) is 3.04. The highest BCUT2D eigenvalue weighted by Crippen LogP contribution is 2.22. The summed E-state index contributed by atoms with van der Waals surface area (Å²) in [6.45, 7) is 8.10. The van der Waals surface area contributed by atoms with E-state index in [1.165, 1.54) is 11.5 Å². The number of amides is 1. The van der Waals surface area contributed by atoms with E-state index in [0.29, 0.717) is 0 Å². The van der Waals surface area contributed by atoms with Crippen LogP contribution in [0.1, 0.15) is 45.7 Å². The van der Waals surface area contributed by atoms with Crippen LogP contribution in [0.15, 0.2) is 5.38 Å². The number of carbonyl (C=O) groups is 1. The van der Waals surface area contributed by atoms with Gasteiger partial charge in [-0.2, -0.15) is 0 Å². The number of hydrogen-bond donors (Lipinski definition) is 1. The van der Waals surface area contributed by atoms with Crippen LogP contribution in [0.3, 0.4) is 0 Å². The van der Waals surface area contributed by atoms with E-state index >= 15 is 0 Å². The van der Waals surface area contributed by atoms with E-state index in [-0.39, 0.29) is 12.1 Å². The molecule has 1 saturated heterocycles. The fourth-order valence-corrected chi connectivity index (χ4v) is 2.89. The smallest absolute Gasteiger partial charge is 0.410 e. The monoisotopic (exact) mass is 312 g/mol. The summed E-state index contributed by atoms with van der Waals surface area (Å²) in [4.78, 5) is 14.0. The van der Waals surface area contributed by atoms with Crippen LogP contribution >= 0.6 is 11.5 Å². The van der Waals surface area contributed by atoms with E-state index in [4.69, 9.17) is 4.74 Å². The molecule has 1 aliphatic rings. The molecule has 0 aromatic carbocycles. The van der Waals surface area contributed by atoms with E-state index in [1.54, 1.807) is 0 Å². The number of nitrogens with zero attached hydrogens (tertiary/aromatic N) is 3. The Hall–Kier alpha value is -1.21. The van der Waals surface area contributed by atoms with Crippen molar-refractivity contribution in [1.29, 1.82) is 0 Å². The van der Waals surface area contributed by atoms with E-state index in [9.17, 15) is 4.79 Å². The van der Waals surface area contributed by atoms with Gasteiger partial charge in [-0.3, -0.25) is 0 Å². The van der Waals surface area contributed by atoms with Gasteiger partial charge in [0.15, 0.2) is 0 Å². The van der Waals surface area contributed by atoms with Crippen molar-refractivity contribution in [2.24, 2.45) is 0 Å². The van der Waals surface area contributed by atoms with Gasteiger partial charge in [0, 0.05) is 24.5 Å². The fourth-order valence-electron chi connectivity index (χ4n) is 2.44. The van der Waals surface area contributed by atoms with E-state index in [2.05, 4.69) is 14.9 Å². The van der Waals surface area contributed by atoms with E-state index in [1.807, 2.05) is 31.1 Å². The van der Waals surface area contributed by atoms with Crippen molar-refractivity contribution in [3.8, 4) is 0 Å². The summed E-state index contributed by atoms with van der Waals surface area (Å²) in [5.41, 5.74) is 0.538. The fraction of sp³-hybridized carbons (Fsp3) is 0.786. The van der Waals surface area contributed by atoms with Crippen molar-refractivity contribution in [2.75, 3.05) is 13.1 Å². The molecule has 2 heterocycles. The molecule has 21 heavy (non-hydrogen) atoms. The van der Waals surface area contributed by atoms with Gasteiger partial charge < -0.3 is 15.0 Å². The Kier molecular flexibility index (Phi) is 5.52. The molecule has 118 valence electrons. The SMILES string of the molecule is CC(C)(C)OC(=O)N1CCCC1CCNCc1csnn1. The maximum atomic E-state index is 12.2. The lowest BCUT2D eigenvalue weighted by Crippen LogP contribution is -2.40. The molecule has 1 fully saturated rings. The molecule has 1 N–H and O–H groups in total. The number of likely N-dealkylation sites (tertiary alicyclic amines) is 1. The molecular weight excluding hydrogens is 288 g/mol. The minimum absolute atomic E-state index is 0.186. The molecular formula is C14H24N4O2S. The first kappa shape index (κ1) is 16.2. The molecule has 1 aromatic heterocycles. The minimum atomic E-state index is -0.430. The third kappa shape index (κ3) is 5.24. The quantitative estimate of drug-likeness (QED) is 0.846.